The van der Waals surface area contributed by atoms with Gasteiger partial charge in [-0.3, -0.25) is 4.79 Å². The highest BCUT2D eigenvalue weighted by atomic mass is 16.2. The first-order valence-corrected chi connectivity index (χ1v) is 4.20. The van der Waals surface area contributed by atoms with Crippen LogP contribution in [-0.4, -0.2) is 24.4 Å². The standard InChI is InChI=1S/C10H15NO/c1-4-5-9-6-10(12)11(3)7-8(9)2/h4-5H,6-7H2,1-3H3/b5-4-. The summed E-state index contributed by atoms with van der Waals surface area (Å²) in [5.74, 6) is 0.216. The van der Waals surface area contributed by atoms with Crippen molar-refractivity contribution in [2.24, 2.45) is 0 Å². The van der Waals surface area contributed by atoms with Crippen LogP contribution in [0.3, 0.4) is 0 Å². The molecule has 0 aromatic heterocycles. The molecule has 0 saturated carbocycles. The van der Waals surface area contributed by atoms with E-state index in [0.717, 1.165) is 6.54 Å². The van der Waals surface area contributed by atoms with Gasteiger partial charge in [0.1, 0.15) is 0 Å². The van der Waals surface area contributed by atoms with Crippen LogP contribution in [0.2, 0.25) is 0 Å². The van der Waals surface area contributed by atoms with Gasteiger partial charge in [-0.2, -0.15) is 0 Å². The summed E-state index contributed by atoms with van der Waals surface area (Å²) in [5, 5.41) is 0. The summed E-state index contributed by atoms with van der Waals surface area (Å²) in [6.07, 6.45) is 4.57. The summed E-state index contributed by atoms with van der Waals surface area (Å²) in [6, 6.07) is 0. The summed E-state index contributed by atoms with van der Waals surface area (Å²) in [6.45, 7) is 4.83. The van der Waals surface area contributed by atoms with Crippen molar-refractivity contribution in [3.05, 3.63) is 23.3 Å². The molecule has 0 bridgehead atoms. The van der Waals surface area contributed by atoms with Crippen LogP contribution in [0.25, 0.3) is 0 Å². The highest BCUT2D eigenvalue weighted by Gasteiger charge is 2.17. The minimum absolute atomic E-state index is 0.216. The number of nitrogens with zero attached hydrogens (tertiary/aromatic N) is 1. The molecule has 0 aromatic rings. The van der Waals surface area contributed by atoms with Crippen molar-refractivity contribution in [1.29, 1.82) is 0 Å². The summed E-state index contributed by atoms with van der Waals surface area (Å²) >= 11 is 0. The maximum atomic E-state index is 11.3. The van der Waals surface area contributed by atoms with Gasteiger partial charge in [0, 0.05) is 13.6 Å². The lowest BCUT2D eigenvalue weighted by Gasteiger charge is -2.24. The van der Waals surface area contributed by atoms with Gasteiger partial charge in [-0.05, 0) is 19.4 Å². The van der Waals surface area contributed by atoms with Gasteiger partial charge >= 0.3 is 0 Å². The lowest BCUT2D eigenvalue weighted by atomic mass is 10.0. The number of allylic oxidation sites excluding steroid dienone is 2. The van der Waals surface area contributed by atoms with E-state index >= 15 is 0 Å². The van der Waals surface area contributed by atoms with Crippen LogP contribution < -0.4 is 0 Å². The Morgan fingerprint density at radius 1 is 1.50 bits per heavy atom. The van der Waals surface area contributed by atoms with Crippen LogP contribution in [0, 0.1) is 0 Å². The maximum Gasteiger partial charge on any atom is 0.227 e. The van der Waals surface area contributed by atoms with Crippen LogP contribution in [-0.2, 0) is 4.79 Å². The molecule has 0 fully saturated rings. The summed E-state index contributed by atoms with van der Waals surface area (Å²) < 4.78 is 0. The minimum atomic E-state index is 0.216. The van der Waals surface area contributed by atoms with Crippen molar-refractivity contribution < 1.29 is 4.79 Å². The molecule has 0 saturated heterocycles. The zero-order chi connectivity index (χ0) is 9.14. The van der Waals surface area contributed by atoms with E-state index in [4.69, 9.17) is 0 Å². The quantitative estimate of drug-likeness (QED) is 0.579. The van der Waals surface area contributed by atoms with Gasteiger partial charge in [0.05, 0.1) is 6.42 Å². The van der Waals surface area contributed by atoms with E-state index in [9.17, 15) is 4.79 Å². The second-order valence-electron chi connectivity index (χ2n) is 3.23. The predicted molar refractivity (Wildman–Crippen MR) is 49.8 cm³/mol. The molecule has 12 heavy (non-hydrogen) atoms. The van der Waals surface area contributed by atoms with Crippen LogP contribution in [0.15, 0.2) is 23.3 Å². The fourth-order valence-electron chi connectivity index (χ4n) is 1.40. The number of likely N-dealkylation sites (N-methyl/N-ethyl adjacent to an activating group) is 1. The van der Waals surface area contributed by atoms with Crippen LogP contribution >= 0.6 is 0 Å². The number of amides is 1. The Morgan fingerprint density at radius 3 is 2.75 bits per heavy atom. The molecule has 2 nitrogen and oxygen atoms in total. The van der Waals surface area contributed by atoms with Gasteiger partial charge in [0.15, 0.2) is 0 Å². The molecule has 0 aromatic carbocycles. The van der Waals surface area contributed by atoms with Crippen molar-refractivity contribution in [3.63, 3.8) is 0 Å². The Balaban J connectivity index is 2.85. The first-order chi connectivity index (χ1) is 5.65. The van der Waals surface area contributed by atoms with Crippen LogP contribution in [0.5, 0.6) is 0 Å². The van der Waals surface area contributed by atoms with E-state index < -0.39 is 0 Å². The van der Waals surface area contributed by atoms with Crippen LogP contribution in [0.1, 0.15) is 20.3 Å². The highest BCUT2D eigenvalue weighted by Crippen LogP contribution is 2.18. The number of rotatable bonds is 1. The Hall–Kier alpha value is -1.05. The van der Waals surface area contributed by atoms with Crippen molar-refractivity contribution in [3.8, 4) is 0 Å². The monoisotopic (exact) mass is 165 g/mol. The first-order valence-electron chi connectivity index (χ1n) is 4.20. The van der Waals surface area contributed by atoms with Gasteiger partial charge in [-0.1, -0.05) is 17.7 Å². The lowest BCUT2D eigenvalue weighted by molar-refractivity contribution is -0.129. The van der Waals surface area contributed by atoms with E-state index in [1.165, 1.54) is 11.1 Å². The number of carbonyl (C=O) groups excluding carboxylic acids is 1. The molecule has 1 amide bonds. The third-order valence-electron chi connectivity index (χ3n) is 2.16. The molecule has 2 heteroatoms. The molecule has 1 rings (SSSR count). The maximum absolute atomic E-state index is 11.3. The van der Waals surface area contributed by atoms with Crippen molar-refractivity contribution in [2.75, 3.05) is 13.6 Å². The Labute approximate surface area is 73.6 Å². The second kappa shape index (κ2) is 3.57. The van der Waals surface area contributed by atoms with Gasteiger partial charge < -0.3 is 4.90 Å². The average Bonchev–Trinajstić information content (AvgIpc) is 2.01. The van der Waals surface area contributed by atoms with Gasteiger partial charge in [0.25, 0.3) is 0 Å². The third-order valence-corrected chi connectivity index (χ3v) is 2.16. The van der Waals surface area contributed by atoms with E-state index in [0.29, 0.717) is 6.42 Å². The van der Waals surface area contributed by atoms with E-state index in [2.05, 4.69) is 6.92 Å². The zero-order valence-corrected chi connectivity index (χ0v) is 7.92. The topological polar surface area (TPSA) is 20.3 Å². The smallest absolute Gasteiger partial charge is 0.227 e. The summed E-state index contributed by atoms with van der Waals surface area (Å²) in [4.78, 5) is 13.0. The molecule has 0 radical (unpaired) electrons. The number of carbonyl (C=O) groups is 1. The van der Waals surface area contributed by atoms with Gasteiger partial charge in [-0.15, -0.1) is 0 Å². The molecule has 1 heterocycles. The molecule has 0 unspecified atom stereocenters. The molecule has 66 valence electrons. The second-order valence-corrected chi connectivity index (χ2v) is 3.23. The number of hydrogen-bond donors (Lipinski definition) is 0. The fourth-order valence-corrected chi connectivity index (χ4v) is 1.40. The summed E-state index contributed by atoms with van der Waals surface area (Å²) in [5.41, 5.74) is 2.48. The molecular formula is C10H15NO. The third kappa shape index (κ3) is 1.76. The molecule has 0 spiro atoms. The van der Waals surface area contributed by atoms with Crippen LogP contribution in [0.4, 0.5) is 0 Å². The lowest BCUT2D eigenvalue weighted by Crippen LogP contribution is -2.32. The Bertz CT molecular complexity index is 251. The fraction of sp³-hybridized carbons (Fsp3) is 0.500. The Morgan fingerprint density at radius 2 is 2.17 bits per heavy atom. The average molecular weight is 165 g/mol. The van der Waals surface area contributed by atoms with E-state index in [-0.39, 0.29) is 5.91 Å². The normalized spacial score (nSPS) is 19.6. The van der Waals surface area contributed by atoms with Gasteiger partial charge in [0.2, 0.25) is 5.91 Å². The van der Waals surface area contributed by atoms with E-state index in [1.54, 1.807) is 4.90 Å². The summed E-state index contributed by atoms with van der Waals surface area (Å²) in [7, 11) is 1.85. The largest absolute Gasteiger partial charge is 0.341 e. The zero-order valence-electron chi connectivity index (χ0n) is 7.92. The van der Waals surface area contributed by atoms with Crippen molar-refractivity contribution in [1.82, 2.24) is 4.90 Å². The molecule has 1 aliphatic rings. The number of hydrogen-bond acceptors (Lipinski definition) is 1. The van der Waals surface area contributed by atoms with Crippen molar-refractivity contribution in [2.45, 2.75) is 20.3 Å². The van der Waals surface area contributed by atoms with E-state index in [1.807, 2.05) is 26.1 Å². The Kier molecular flexibility index (Phi) is 2.69. The molecule has 0 aliphatic carbocycles. The predicted octanol–water partition coefficient (Wildman–Crippen LogP) is 1.74. The van der Waals surface area contributed by atoms with Gasteiger partial charge in [-0.25, -0.2) is 0 Å². The molecule has 0 N–H and O–H groups in total. The highest BCUT2D eigenvalue weighted by molar-refractivity contribution is 5.81. The minimum Gasteiger partial charge on any atom is -0.341 e. The first kappa shape index (κ1) is 9.04. The molecule has 1 aliphatic heterocycles. The molecular weight excluding hydrogens is 150 g/mol. The SMILES string of the molecule is C/C=C\C1=C(C)CN(C)C(=O)C1. The van der Waals surface area contributed by atoms with Crippen molar-refractivity contribution >= 4 is 5.91 Å². The molecule has 0 atom stereocenters.